The van der Waals surface area contributed by atoms with E-state index in [1.165, 1.54) is 7.11 Å². The normalized spacial score (nSPS) is 16.6. The van der Waals surface area contributed by atoms with Crippen LogP contribution in [0.4, 0.5) is 5.82 Å². The molecule has 0 unspecified atom stereocenters. The molecule has 2 aromatic heterocycles. The summed E-state index contributed by atoms with van der Waals surface area (Å²) in [4.78, 5) is 18.1. The quantitative estimate of drug-likeness (QED) is 0.756. The van der Waals surface area contributed by atoms with E-state index in [0.717, 1.165) is 43.2 Å². The smallest absolute Gasteiger partial charge is 0.308 e. The van der Waals surface area contributed by atoms with E-state index in [4.69, 9.17) is 4.74 Å². The Balaban J connectivity index is 1.82. The molecule has 7 heteroatoms. The van der Waals surface area contributed by atoms with Gasteiger partial charge in [0.25, 0.3) is 0 Å². The molecule has 0 aliphatic carbocycles. The number of carbonyl (C=O) groups is 1. The van der Waals surface area contributed by atoms with E-state index in [1.807, 2.05) is 17.5 Å². The molecular formula is C13H17N5O2. The summed E-state index contributed by atoms with van der Waals surface area (Å²) in [7, 11) is 1.44. The Bertz CT molecular complexity index is 631. The third kappa shape index (κ3) is 2.09. The van der Waals surface area contributed by atoms with Crippen LogP contribution in [0, 0.1) is 12.8 Å². The predicted octanol–water partition coefficient (Wildman–Crippen LogP) is 0.822. The summed E-state index contributed by atoms with van der Waals surface area (Å²) in [5.74, 6) is 1.55. The number of hydrogen-bond donors (Lipinski definition) is 0. The molecule has 7 nitrogen and oxygen atoms in total. The van der Waals surface area contributed by atoms with Gasteiger partial charge in [0.2, 0.25) is 5.65 Å². The summed E-state index contributed by atoms with van der Waals surface area (Å²) in [6, 6.07) is 0. The van der Waals surface area contributed by atoms with Crippen molar-refractivity contribution in [3.63, 3.8) is 0 Å². The third-order valence-electron chi connectivity index (χ3n) is 3.81. The number of fused-ring (bicyclic) bond motifs is 1. The summed E-state index contributed by atoms with van der Waals surface area (Å²) in [6.45, 7) is 3.46. The number of aromatic nitrogens is 4. The Hall–Kier alpha value is -2.18. The van der Waals surface area contributed by atoms with E-state index < -0.39 is 0 Å². The van der Waals surface area contributed by atoms with Crippen molar-refractivity contribution < 1.29 is 9.53 Å². The summed E-state index contributed by atoms with van der Waals surface area (Å²) in [6.07, 6.45) is 5.17. The van der Waals surface area contributed by atoms with E-state index in [9.17, 15) is 4.79 Å². The number of carbonyl (C=O) groups excluding carboxylic acids is 1. The molecule has 20 heavy (non-hydrogen) atoms. The Morgan fingerprint density at radius 1 is 1.35 bits per heavy atom. The van der Waals surface area contributed by atoms with E-state index in [-0.39, 0.29) is 11.9 Å². The largest absolute Gasteiger partial charge is 0.469 e. The van der Waals surface area contributed by atoms with E-state index in [1.54, 1.807) is 6.20 Å². The zero-order chi connectivity index (χ0) is 14.1. The summed E-state index contributed by atoms with van der Waals surface area (Å²) < 4.78 is 6.73. The molecule has 1 aliphatic rings. The van der Waals surface area contributed by atoms with Crippen molar-refractivity contribution in [1.82, 2.24) is 19.6 Å². The van der Waals surface area contributed by atoms with E-state index >= 15 is 0 Å². The van der Waals surface area contributed by atoms with Gasteiger partial charge in [-0.3, -0.25) is 9.20 Å². The first-order chi connectivity index (χ1) is 9.70. The van der Waals surface area contributed by atoms with Crippen LogP contribution in [0.1, 0.15) is 18.7 Å². The Morgan fingerprint density at radius 2 is 2.10 bits per heavy atom. The minimum atomic E-state index is -0.117. The molecule has 106 valence electrons. The second kappa shape index (κ2) is 5.07. The van der Waals surface area contributed by atoms with Crippen LogP contribution in [0.5, 0.6) is 0 Å². The predicted molar refractivity (Wildman–Crippen MR) is 72.5 cm³/mol. The van der Waals surface area contributed by atoms with Gasteiger partial charge >= 0.3 is 5.97 Å². The lowest BCUT2D eigenvalue weighted by atomic mass is 9.97. The minimum Gasteiger partial charge on any atom is -0.469 e. The molecule has 0 radical (unpaired) electrons. The van der Waals surface area contributed by atoms with E-state index in [2.05, 4.69) is 20.1 Å². The lowest BCUT2D eigenvalue weighted by Gasteiger charge is -2.31. The average molecular weight is 275 g/mol. The van der Waals surface area contributed by atoms with Crippen LogP contribution in [-0.2, 0) is 9.53 Å². The fourth-order valence-electron chi connectivity index (χ4n) is 2.65. The number of rotatable bonds is 2. The molecule has 2 aromatic rings. The molecule has 1 fully saturated rings. The first-order valence-corrected chi connectivity index (χ1v) is 6.70. The summed E-state index contributed by atoms with van der Waals surface area (Å²) in [5.41, 5.74) is 0.765. The van der Waals surface area contributed by atoms with Crippen LogP contribution in [-0.4, -0.2) is 45.8 Å². The molecule has 0 N–H and O–H groups in total. The van der Waals surface area contributed by atoms with Crippen molar-refractivity contribution >= 4 is 17.4 Å². The minimum absolute atomic E-state index is 0.00408. The maximum absolute atomic E-state index is 11.5. The van der Waals surface area contributed by atoms with Gasteiger partial charge in [-0.25, -0.2) is 4.98 Å². The second-order valence-electron chi connectivity index (χ2n) is 4.98. The maximum Gasteiger partial charge on any atom is 0.308 e. The number of methoxy groups -OCH3 is 1. The highest BCUT2D eigenvalue weighted by atomic mass is 16.5. The van der Waals surface area contributed by atoms with Crippen LogP contribution in [0.3, 0.4) is 0 Å². The topological polar surface area (TPSA) is 72.6 Å². The van der Waals surface area contributed by atoms with Crippen LogP contribution in [0.25, 0.3) is 5.65 Å². The zero-order valence-electron chi connectivity index (χ0n) is 11.6. The van der Waals surface area contributed by atoms with Crippen LogP contribution in [0.2, 0.25) is 0 Å². The molecule has 1 saturated heterocycles. The monoisotopic (exact) mass is 275 g/mol. The summed E-state index contributed by atoms with van der Waals surface area (Å²) >= 11 is 0. The van der Waals surface area contributed by atoms with Gasteiger partial charge in [-0.05, 0) is 19.8 Å². The van der Waals surface area contributed by atoms with Gasteiger partial charge in [-0.2, -0.15) is 0 Å². The molecule has 0 saturated carbocycles. The number of ether oxygens (including phenoxy) is 1. The maximum atomic E-state index is 11.5. The molecule has 3 rings (SSSR count). The SMILES string of the molecule is COC(=O)C1CCN(c2nccn3c(C)nnc23)CC1. The van der Waals surface area contributed by atoms with Gasteiger partial charge in [-0.1, -0.05) is 0 Å². The standard InChI is InChI=1S/C13H17N5O2/c1-9-15-16-12-11(14-5-8-18(9)12)17-6-3-10(4-7-17)13(19)20-2/h5,8,10H,3-4,6-7H2,1-2H3. The van der Waals surface area contributed by atoms with Gasteiger partial charge in [0.1, 0.15) is 5.82 Å². The highest BCUT2D eigenvalue weighted by Gasteiger charge is 2.27. The fourth-order valence-corrected chi connectivity index (χ4v) is 2.65. The molecule has 0 amide bonds. The van der Waals surface area contributed by atoms with Gasteiger partial charge in [0.15, 0.2) is 5.82 Å². The fraction of sp³-hybridized carbons (Fsp3) is 0.538. The number of piperidine rings is 1. The van der Waals surface area contributed by atoms with E-state index in [0.29, 0.717) is 0 Å². The highest BCUT2D eigenvalue weighted by molar-refractivity contribution is 5.73. The van der Waals surface area contributed by atoms with Crippen molar-refractivity contribution in [3.05, 3.63) is 18.2 Å². The van der Waals surface area contributed by atoms with Crippen LogP contribution >= 0.6 is 0 Å². The number of hydrogen-bond acceptors (Lipinski definition) is 6. The highest BCUT2D eigenvalue weighted by Crippen LogP contribution is 2.25. The Labute approximate surface area is 116 Å². The number of nitrogens with zero attached hydrogens (tertiary/aromatic N) is 5. The second-order valence-corrected chi connectivity index (χ2v) is 4.98. The van der Waals surface area contributed by atoms with Crippen molar-refractivity contribution in [3.8, 4) is 0 Å². The average Bonchev–Trinajstić information content (AvgIpc) is 2.88. The molecule has 3 heterocycles. The van der Waals surface area contributed by atoms with Crippen LogP contribution in [0.15, 0.2) is 12.4 Å². The Kier molecular flexibility index (Phi) is 3.25. The lowest BCUT2D eigenvalue weighted by Crippen LogP contribution is -2.37. The first-order valence-electron chi connectivity index (χ1n) is 6.70. The van der Waals surface area contributed by atoms with Gasteiger partial charge in [0, 0.05) is 25.5 Å². The van der Waals surface area contributed by atoms with Crippen molar-refractivity contribution in [2.45, 2.75) is 19.8 Å². The van der Waals surface area contributed by atoms with Gasteiger partial charge < -0.3 is 9.64 Å². The summed E-state index contributed by atoms with van der Waals surface area (Å²) in [5, 5.41) is 8.26. The van der Waals surface area contributed by atoms with Crippen molar-refractivity contribution in [1.29, 1.82) is 0 Å². The van der Waals surface area contributed by atoms with Gasteiger partial charge in [0.05, 0.1) is 13.0 Å². The number of anilines is 1. The van der Waals surface area contributed by atoms with Crippen LogP contribution < -0.4 is 4.90 Å². The molecular weight excluding hydrogens is 258 g/mol. The molecule has 0 spiro atoms. The molecule has 0 atom stereocenters. The molecule has 1 aliphatic heterocycles. The van der Waals surface area contributed by atoms with Gasteiger partial charge in [-0.15, -0.1) is 10.2 Å². The third-order valence-corrected chi connectivity index (χ3v) is 3.81. The Morgan fingerprint density at radius 3 is 2.80 bits per heavy atom. The number of aryl methyl sites for hydroxylation is 1. The van der Waals surface area contributed by atoms with Crippen molar-refractivity contribution in [2.75, 3.05) is 25.1 Å². The zero-order valence-corrected chi connectivity index (χ0v) is 11.6. The molecule has 0 bridgehead atoms. The van der Waals surface area contributed by atoms with Crippen molar-refractivity contribution in [2.24, 2.45) is 5.92 Å². The first kappa shape index (κ1) is 12.8. The lowest BCUT2D eigenvalue weighted by molar-refractivity contribution is -0.146. The number of esters is 1. The molecule has 0 aromatic carbocycles.